The van der Waals surface area contributed by atoms with Gasteiger partial charge in [0.25, 0.3) is 0 Å². The van der Waals surface area contributed by atoms with E-state index in [1.807, 2.05) is 55.2 Å². The molecule has 2 N–H and O–H groups in total. The molecule has 2 aromatic rings. The summed E-state index contributed by atoms with van der Waals surface area (Å²) < 4.78 is 12.2. The Bertz CT molecular complexity index is 546. The van der Waals surface area contributed by atoms with E-state index in [1.165, 1.54) is 0 Å². The van der Waals surface area contributed by atoms with E-state index in [4.69, 9.17) is 9.05 Å². The molecule has 92 valence electrons. The number of nitrogens with one attached hydrogen (secondary N) is 2. The fraction of sp³-hybridized carbons (Fsp3) is 0.0769. The molecule has 0 amide bonds. The minimum atomic E-state index is -3.06. The van der Waals surface area contributed by atoms with Gasteiger partial charge in [0, 0.05) is 0 Å². The normalized spacial score (nSPS) is 22.4. The first-order valence-corrected chi connectivity index (χ1v) is 8.34. The fourth-order valence-electron chi connectivity index (χ4n) is 2.45. The van der Waals surface area contributed by atoms with Crippen LogP contribution in [0.25, 0.3) is 0 Å². The number of benzene rings is 2. The summed E-state index contributed by atoms with van der Waals surface area (Å²) in [4.78, 5) is 0. The SMILES string of the molecule is CP12(Nc3ccccc3O1)Nc1ccccc1O2. The molecule has 0 fully saturated rings. The van der Waals surface area contributed by atoms with Crippen molar-refractivity contribution < 1.29 is 9.05 Å². The van der Waals surface area contributed by atoms with Crippen molar-refractivity contribution >= 4 is 18.7 Å². The Hall–Kier alpha value is -1.93. The summed E-state index contributed by atoms with van der Waals surface area (Å²) in [7, 11) is -3.06. The summed E-state index contributed by atoms with van der Waals surface area (Å²) in [5.74, 6) is 1.66. The fourth-order valence-corrected chi connectivity index (χ4v) is 5.47. The standard InChI is InChI=1S/C13H13N2O2P/c1-18(14-10-6-2-4-8-12(10)16-18)15-11-7-3-5-9-13(11)17-18/h2-9,14-15H,1H3. The second-order valence-electron chi connectivity index (χ2n) is 4.76. The molecule has 18 heavy (non-hydrogen) atoms. The van der Waals surface area contributed by atoms with Gasteiger partial charge in [0.15, 0.2) is 0 Å². The van der Waals surface area contributed by atoms with E-state index in [1.54, 1.807) is 0 Å². The predicted molar refractivity (Wildman–Crippen MR) is 74.2 cm³/mol. The minimum absolute atomic E-state index is 0.831. The summed E-state index contributed by atoms with van der Waals surface area (Å²) in [6, 6.07) is 15.8. The molecule has 4 nitrogen and oxygen atoms in total. The van der Waals surface area contributed by atoms with E-state index in [9.17, 15) is 0 Å². The average Bonchev–Trinajstić information content (AvgIpc) is 2.81. The van der Waals surface area contributed by atoms with Crippen LogP contribution in [0.2, 0.25) is 0 Å². The van der Waals surface area contributed by atoms with Crippen LogP contribution in [0.15, 0.2) is 48.5 Å². The van der Waals surface area contributed by atoms with Gasteiger partial charge in [-0.1, -0.05) is 0 Å². The van der Waals surface area contributed by atoms with Gasteiger partial charge < -0.3 is 0 Å². The van der Waals surface area contributed by atoms with Gasteiger partial charge in [0.05, 0.1) is 0 Å². The van der Waals surface area contributed by atoms with E-state index in [0.29, 0.717) is 0 Å². The number of fused-ring (bicyclic) bond motifs is 2. The average molecular weight is 260 g/mol. The second kappa shape index (κ2) is 2.90. The van der Waals surface area contributed by atoms with Crippen LogP contribution in [0.4, 0.5) is 11.4 Å². The molecule has 2 aromatic carbocycles. The molecule has 0 saturated heterocycles. The van der Waals surface area contributed by atoms with Crippen LogP contribution in [0.3, 0.4) is 0 Å². The molecule has 2 aliphatic rings. The Balaban J connectivity index is 1.80. The van der Waals surface area contributed by atoms with Crippen LogP contribution < -0.4 is 19.2 Å². The van der Waals surface area contributed by atoms with Gasteiger partial charge in [-0.05, 0) is 0 Å². The topological polar surface area (TPSA) is 42.5 Å². The van der Waals surface area contributed by atoms with Crippen molar-refractivity contribution in [2.45, 2.75) is 0 Å². The monoisotopic (exact) mass is 260 g/mol. The molecule has 1 spiro atoms. The third-order valence-electron chi connectivity index (χ3n) is 3.17. The molecule has 4 rings (SSSR count). The zero-order valence-corrected chi connectivity index (χ0v) is 10.8. The second-order valence-corrected chi connectivity index (χ2v) is 8.30. The third-order valence-corrected chi connectivity index (χ3v) is 5.96. The van der Waals surface area contributed by atoms with Gasteiger partial charge in [-0.3, -0.25) is 0 Å². The predicted octanol–water partition coefficient (Wildman–Crippen LogP) is 3.84. The van der Waals surface area contributed by atoms with Gasteiger partial charge in [-0.2, -0.15) is 0 Å². The van der Waals surface area contributed by atoms with E-state index >= 15 is 0 Å². The maximum absolute atomic E-state index is 6.11. The Labute approximate surface area is 105 Å². The van der Waals surface area contributed by atoms with E-state index < -0.39 is 7.36 Å². The van der Waals surface area contributed by atoms with Crippen molar-refractivity contribution in [3.8, 4) is 11.5 Å². The Morgan fingerprint density at radius 1 is 0.778 bits per heavy atom. The molecule has 5 heteroatoms. The zero-order chi connectivity index (χ0) is 12.2. The van der Waals surface area contributed by atoms with Crippen LogP contribution in [-0.4, -0.2) is 6.66 Å². The number of hydrogen-bond acceptors (Lipinski definition) is 4. The molecule has 0 atom stereocenters. The number of para-hydroxylation sites is 4. The quantitative estimate of drug-likeness (QED) is 0.706. The Morgan fingerprint density at radius 3 is 1.67 bits per heavy atom. The molecule has 2 heterocycles. The van der Waals surface area contributed by atoms with Gasteiger partial charge in [0.1, 0.15) is 0 Å². The number of hydrogen-bond donors (Lipinski definition) is 2. The summed E-state index contributed by atoms with van der Waals surface area (Å²) in [5.41, 5.74) is 1.94. The van der Waals surface area contributed by atoms with Gasteiger partial charge in [-0.15, -0.1) is 0 Å². The Morgan fingerprint density at radius 2 is 1.22 bits per heavy atom. The summed E-state index contributed by atoms with van der Waals surface area (Å²) in [5, 5.41) is 6.82. The van der Waals surface area contributed by atoms with Crippen LogP contribution >= 0.6 is 7.36 Å². The number of rotatable bonds is 0. The van der Waals surface area contributed by atoms with E-state index in [2.05, 4.69) is 10.2 Å². The van der Waals surface area contributed by atoms with E-state index in [0.717, 1.165) is 22.9 Å². The van der Waals surface area contributed by atoms with Crippen LogP contribution in [0.1, 0.15) is 0 Å². The van der Waals surface area contributed by atoms with Crippen molar-refractivity contribution in [2.75, 3.05) is 16.8 Å². The first-order valence-electron chi connectivity index (χ1n) is 5.82. The summed E-state index contributed by atoms with van der Waals surface area (Å²) >= 11 is 0. The third kappa shape index (κ3) is 1.24. The van der Waals surface area contributed by atoms with Crippen LogP contribution in [0.5, 0.6) is 11.5 Å². The van der Waals surface area contributed by atoms with Crippen molar-refractivity contribution in [2.24, 2.45) is 0 Å². The molecule has 0 aliphatic carbocycles. The van der Waals surface area contributed by atoms with Crippen molar-refractivity contribution in [1.82, 2.24) is 0 Å². The first-order chi connectivity index (χ1) is 8.64. The van der Waals surface area contributed by atoms with Gasteiger partial charge >= 0.3 is 105 Å². The van der Waals surface area contributed by atoms with Crippen molar-refractivity contribution in [1.29, 1.82) is 0 Å². The molecule has 0 unspecified atom stereocenters. The molecule has 0 radical (unpaired) electrons. The number of anilines is 2. The van der Waals surface area contributed by atoms with Crippen LogP contribution in [0, 0.1) is 0 Å². The zero-order valence-electron chi connectivity index (χ0n) is 9.88. The van der Waals surface area contributed by atoms with Crippen LogP contribution in [-0.2, 0) is 0 Å². The molecule has 2 aliphatic heterocycles. The van der Waals surface area contributed by atoms with Gasteiger partial charge in [0.2, 0.25) is 0 Å². The molecule has 0 bridgehead atoms. The summed E-state index contributed by atoms with van der Waals surface area (Å²) in [6.45, 7) is 1.98. The molecular weight excluding hydrogens is 247 g/mol. The van der Waals surface area contributed by atoms with Gasteiger partial charge in [-0.25, -0.2) is 0 Å². The first kappa shape index (κ1) is 10.0. The maximum atomic E-state index is 6.11. The molecule has 0 aromatic heterocycles. The molecular formula is C13H13N2O2P. The Kier molecular flexibility index (Phi) is 1.62. The van der Waals surface area contributed by atoms with Crippen molar-refractivity contribution in [3.05, 3.63) is 48.5 Å². The van der Waals surface area contributed by atoms with E-state index in [-0.39, 0.29) is 0 Å². The summed E-state index contributed by atoms with van der Waals surface area (Å²) in [6.07, 6.45) is 0. The molecule has 0 saturated carbocycles. The van der Waals surface area contributed by atoms with Crippen molar-refractivity contribution in [3.63, 3.8) is 0 Å².